The molecule has 1 aliphatic carbocycles. The van der Waals surface area contributed by atoms with Crippen LogP contribution in [0.1, 0.15) is 38.4 Å². The molecule has 0 radical (unpaired) electrons. The molecule has 1 fully saturated rings. The minimum atomic E-state index is 0.525. The summed E-state index contributed by atoms with van der Waals surface area (Å²) in [5.41, 5.74) is 1.29. The molecule has 1 aromatic rings. The summed E-state index contributed by atoms with van der Waals surface area (Å²) in [6.45, 7) is 4.92. The summed E-state index contributed by atoms with van der Waals surface area (Å²) in [5.74, 6) is 2.23. The second-order valence-electron chi connectivity index (χ2n) is 4.37. The molecule has 86 valence electrons. The smallest absolute Gasteiger partial charge is 0.135 e. The van der Waals surface area contributed by atoms with Crippen molar-refractivity contribution in [3.05, 3.63) is 28.7 Å². The molecule has 16 heavy (non-hydrogen) atoms. The van der Waals surface area contributed by atoms with Gasteiger partial charge in [-0.1, -0.05) is 23.3 Å². The van der Waals surface area contributed by atoms with E-state index in [4.69, 9.17) is 11.6 Å². The molecule has 0 saturated heterocycles. The number of anilines is 1. The Balaban J connectivity index is 2.05. The van der Waals surface area contributed by atoms with Crippen LogP contribution in [0.3, 0.4) is 0 Å². The summed E-state index contributed by atoms with van der Waals surface area (Å²) in [5, 5.41) is 3.75. The summed E-state index contributed by atoms with van der Waals surface area (Å²) in [7, 11) is 0. The van der Waals surface area contributed by atoms with Gasteiger partial charge in [-0.3, -0.25) is 0 Å². The van der Waals surface area contributed by atoms with E-state index in [0.29, 0.717) is 11.1 Å². The monoisotopic (exact) mass is 237 g/mol. The molecule has 3 nitrogen and oxygen atoms in total. The third-order valence-electron chi connectivity index (χ3n) is 2.45. The number of nitrogens with one attached hydrogen (secondary N) is 1. The number of nitrogens with zero attached hydrogens (tertiary/aromatic N) is 2. The highest BCUT2D eigenvalue weighted by atomic mass is 35.5. The minimum absolute atomic E-state index is 0.525. The molecule has 1 heterocycles. The Hall–Kier alpha value is -1.09. The number of allylic oxidation sites excluding steroid dienone is 1. The Morgan fingerprint density at radius 1 is 1.50 bits per heavy atom. The lowest BCUT2D eigenvalue weighted by molar-refractivity contribution is 0.926. The maximum absolute atomic E-state index is 5.96. The van der Waals surface area contributed by atoms with Gasteiger partial charge in [0.2, 0.25) is 0 Å². The highest BCUT2D eigenvalue weighted by Gasteiger charge is 2.27. The number of halogens is 1. The largest absolute Gasteiger partial charge is 0.366 e. The predicted molar refractivity (Wildman–Crippen MR) is 66.9 cm³/mol. The van der Waals surface area contributed by atoms with Gasteiger partial charge in [0.25, 0.3) is 0 Å². The fraction of sp³-hybridized carbons (Fsp3) is 0.500. The molecule has 0 atom stereocenters. The molecule has 1 aliphatic rings. The van der Waals surface area contributed by atoms with Gasteiger partial charge >= 0.3 is 0 Å². The average Bonchev–Trinajstić information content (AvgIpc) is 2.99. The van der Waals surface area contributed by atoms with E-state index >= 15 is 0 Å². The molecule has 1 N–H and O–H groups in total. The number of rotatable bonds is 4. The first-order valence-corrected chi connectivity index (χ1v) is 5.94. The number of hydrogen-bond acceptors (Lipinski definition) is 3. The summed E-state index contributed by atoms with van der Waals surface area (Å²) < 4.78 is 0. The van der Waals surface area contributed by atoms with Gasteiger partial charge in [0.15, 0.2) is 0 Å². The van der Waals surface area contributed by atoms with Crippen LogP contribution in [-0.4, -0.2) is 16.5 Å². The summed E-state index contributed by atoms with van der Waals surface area (Å²) >= 11 is 5.96. The van der Waals surface area contributed by atoms with Crippen molar-refractivity contribution in [2.45, 2.75) is 32.6 Å². The second-order valence-corrected chi connectivity index (χ2v) is 4.76. The zero-order valence-corrected chi connectivity index (χ0v) is 10.4. The van der Waals surface area contributed by atoms with Crippen molar-refractivity contribution in [1.29, 1.82) is 0 Å². The topological polar surface area (TPSA) is 37.8 Å². The lowest BCUT2D eigenvalue weighted by Gasteiger charge is -2.05. The Bertz CT molecular complexity index is 407. The van der Waals surface area contributed by atoms with Crippen LogP contribution in [-0.2, 0) is 0 Å². The summed E-state index contributed by atoms with van der Waals surface area (Å²) in [6, 6.07) is 1.77. The van der Waals surface area contributed by atoms with Gasteiger partial charge in [0.05, 0.1) is 0 Å². The Morgan fingerprint density at radius 3 is 2.88 bits per heavy atom. The SMILES string of the molecule is CC(C)=CCNc1cc(Cl)nc(C2CC2)n1. The third kappa shape index (κ3) is 3.20. The standard InChI is InChI=1S/C12H16ClN3/c1-8(2)5-6-14-11-7-10(13)15-12(16-11)9-3-4-9/h5,7,9H,3-4,6H2,1-2H3,(H,14,15,16). The van der Waals surface area contributed by atoms with E-state index in [0.717, 1.165) is 18.2 Å². The first-order valence-electron chi connectivity index (χ1n) is 5.57. The highest BCUT2D eigenvalue weighted by Crippen LogP contribution is 2.38. The van der Waals surface area contributed by atoms with Crippen LogP contribution in [0.4, 0.5) is 5.82 Å². The van der Waals surface area contributed by atoms with Crippen LogP contribution in [0.25, 0.3) is 0 Å². The van der Waals surface area contributed by atoms with Crippen molar-refractivity contribution >= 4 is 17.4 Å². The average molecular weight is 238 g/mol. The van der Waals surface area contributed by atoms with Crippen molar-refractivity contribution in [1.82, 2.24) is 9.97 Å². The van der Waals surface area contributed by atoms with Crippen molar-refractivity contribution < 1.29 is 0 Å². The number of aromatic nitrogens is 2. The summed E-state index contributed by atoms with van der Waals surface area (Å²) in [6.07, 6.45) is 4.49. The van der Waals surface area contributed by atoms with Crippen molar-refractivity contribution in [3.8, 4) is 0 Å². The molecule has 0 aliphatic heterocycles. The fourth-order valence-electron chi connectivity index (χ4n) is 1.41. The van der Waals surface area contributed by atoms with Crippen LogP contribution in [0.15, 0.2) is 17.7 Å². The van der Waals surface area contributed by atoms with Gasteiger partial charge in [0, 0.05) is 18.5 Å². The van der Waals surface area contributed by atoms with E-state index in [2.05, 4.69) is 35.2 Å². The lowest BCUT2D eigenvalue weighted by Crippen LogP contribution is -2.04. The van der Waals surface area contributed by atoms with E-state index < -0.39 is 0 Å². The van der Waals surface area contributed by atoms with Gasteiger partial charge in [-0.2, -0.15) is 0 Å². The van der Waals surface area contributed by atoms with Gasteiger partial charge in [-0.05, 0) is 26.7 Å². The fourth-order valence-corrected chi connectivity index (χ4v) is 1.60. The quantitative estimate of drug-likeness (QED) is 0.644. The van der Waals surface area contributed by atoms with E-state index in [1.165, 1.54) is 18.4 Å². The predicted octanol–water partition coefficient (Wildman–Crippen LogP) is 3.39. The van der Waals surface area contributed by atoms with Gasteiger partial charge < -0.3 is 5.32 Å². The van der Waals surface area contributed by atoms with Crippen molar-refractivity contribution in [2.24, 2.45) is 0 Å². The molecule has 2 rings (SSSR count). The first kappa shape index (κ1) is 11.4. The molecule has 0 unspecified atom stereocenters. The Labute approximate surface area is 101 Å². The molecular weight excluding hydrogens is 222 g/mol. The molecule has 0 amide bonds. The minimum Gasteiger partial charge on any atom is -0.366 e. The first-order chi connectivity index (χ1) is 7.65. The summed E-state index contributed by atoms with van der Waals surface area (Å²) in [4.78, 5) is 8.69. The third-order valence-corrected chi connectivity index (χ3v) is 2.64. The molecule has 1 aromatic heterocycles. The van der Waals surface area contributed by atoms with Crippen LogP contribution in [0.5, 0.6) is 0 Å². The van der Waals surface area contributed by atoms with Crippen molar-refractivity contribution in [2.75, 3.05) is 11.9 Å². The van der Waals surface area contributed by atoms with Gasteiger partial charge in [-0.15, -0.1) is 0 Å². The molecule has 1 saturated carbocycles. The van der Waals surface area contributed by atoms with E-state index in [-0.39, 0.29) is 0 Å². The zero-order valence-electron chi connectivity index (χ0n) is 9.63. The molecule has 4 heteroatoms. The van der Waals surface area contributed by atoms with E-state index in [1.807, 2.05) is 0 Å². The second kappa shape index (κ2) is 4.83. The maximum Gasteiger partial charge on any atom is 0.135 e. The zero-order chi connectivity index (χ0) is 11.5. The maximum atomic E-state index is 5.96. The molecule has 0 spiro atoms. The van der Waals surface area contributed by atoms with Crippen LogP contribution >= 0.6 is 11.6 Å². The van der Waals surface area contributed by atoms with Crippen LogP contribution in [0.2, 0.25) is 5.15 Å². The van der Waals surface area contributed by atoms with Gasteiger partial charge in [-0.25, -0.2) is 9.97 Å². The Morgan fingerprint density at radius 2 is 2.25 bits per heavy atom. The van der Waals surface area contributed by atoms with Crippen molar-refractivity contribution in [3.63, 3.8) is 0 Å². The van der Waals surface area contributed by atoms with E-state index in [1.54, 1.807) is 6.07 Å². The normalized spacial score (nSPS) is 14.7. The Kier molecular flexibility index (Phi) is 3.44. The highest BCUT2D eigenvalue weighted by molar-refractivity contribution is 6.29. The van der Waals surface area contributed by atoms with Gasteiger partial charge in [0.1, 0.15) is 16.8 Å². The molecule has 0 aromatic carbocycles. The lowest BCUT2D eigenvalue weighted by atomic mass is 10.3. The van der Waals surface area contributed by atoms with E-state index in [9.17, 15) is 0 Å². The van der Waals surface area contributed by atoms with Crippen LogP contribution in [0, 0.1) is 0 Å². The number of hydrogen-bond donors (Lipinski definition) is 1. The molecular formula is C12H16ClN3. The molecule has 0 bridgehead atoms. The van der Waals surface area contributed by atoms with Crippen LogP contribution < -0.4 is 5.32 Å².